The predicted octanol–water partition coefficient (Wildman–Crippen LogP) is 4.74. The van der Waals surface area contributed by atoms with E-state index in [1.807, 2.05) is 6.07 Å². The van der Waals surface area contributed by atoms with E-state index in [2.05, 4.69) is 6.07 Å². The molecule has 0 aliphatic carbocycles. The average Bonchev–Trinajstić information content (AvgIpc) is 2.40. The zero-order valence-electron chi connectivity index (χ0n) is 9.36. The summed E-state index contributed by atoms with van der Waals surface area (Å²) in [6.45, 7) is 0. The minimum atomic E-state index is 0.283. The smallest absolute Gasteiger partial charge is 0.133 e. The van der Waals surface area contributed by atoms with Crippen molar-refractivity contribution < 1.29 is 4.74 Å². The maximum atomic E-state index is 8.71. The number of halogens is 2. The van der Waals surface area contributed by atoms with Crippen LogP contribution in [0.5, 0.6) is 11.5 Å². The Bertz CT molecular complexity index is 588. The predicted molar refractivity (Wildman–Crippen MR) is 72.2 cm³/mol. The highest BCUT2D eigenvalue weighted by molar-refractivity contribution is 6.32. The lowest BCUT2D eigenvalue weighted by Gasteiger charge is -2.10. The Morgan fingerprint density at radius 1 is 1.11 bits per heavy atom. The van der Waals surface area contributed by atoms with Crippen molar-refractivity contribution in [3.05, 3.63) is 58.6 Å². The van der Waals surface area contributed by atoms with E-state index in [0.29, 0.717) is 22.1 Å². The number of nitriles is 1. The van der Waals surface area contributed by atoms with Crippen molar-refractivity contribution in [3.63, 3.8) is 0 Å². The molecule has 0 unspecified atom stereocenters. The summed E-state index contributed by atoms with van der Waals surface area (Å²) in [5, 5.41) is 9.29. The maximum absolute atomic E-state index is 8.71. The van der Waals surface area contributed by atoms with Gasteiger partial charge in [0.2, 0.25) is 0 Å². The van der Waals surface area contributed by atoms with Crippen molar-refractivity contribution in [1.29, 1.82) is 5.26 Å². The molecule has 0 saturated carbocycles. The molecule has 0 fully saturated rings. The van der Waals surface area contributed by atoms with Crippen LogP contribution in [-0.4, -0.2) is 0 Å². The fourth-order valence-corrected chi connectivity index (χ4v) is 2.07. The second kappa shape index (κ2) is 5.77. The van der Waals surface area contributed by atoms with Crippen LogP contribution in [0, 0.1) is 11.3 Å². The normalized spacial score (nSPS) is 9.83. The summed E-state index contributed by atoms with van der Waals surface area (Å²) < 4.78 is 5.70. The van der Waals surface area contributed by atoms with Crippen molar-refractivity contribution in [2.24, 2.45) is 0 Å². The van der Waals surface area contributed by atoms with Gasteiger partial charge in [0.25, 0.3) is 0 Å². The number of rotatable bonds is 3. The van der Waals surface area contributed by atoms with Gasteiger partial charge in [0, 0.05) is 10.6 Å². The van der Waals surface area contributed by atoms with Crippen molar-refractivity contribution in [2.45, 2.75) is 5.88 Å². The quantitative estimate of drug-likeness (QED) is 0.759. The second-order valence-corrected chi connectivity index (χ2v) is 4.26. The van der Waals surface area contributed by atoms with Crippen molar-refractivity contribution in [1.82, 2.24) is 0 Å². The van der Waals surface area contributed by atoms with E-state index in [4.69, 9.17) is 33.2 Å². The van der Waals surface area contributed by atoms with Gasteiger partial charge in [0.15, 0.2) is 0 Å². The fraction of sp³-hybridized carbons (Fsp3) is 0.0714. The molecule has 2 rings (SSSR count). The number of benzene rings is 2. The third-order valence-electron chi connectivity index (χ3n) is 2.42. The van der Waals surface area contributed by atoms with Crippen molar-refractivity contribution in [3.8, 4) is 17.6 Å². The number of nitrogens with zero attached hydrogens (tertiary/aromatic N) is 1. The monoisotopic (exact) mass is 277 g/mol. The lowest BCUT2D eigenvalue weighted by atomic mass is 10.2. The van der Waals surface area contributed by atoms with Gasteiger partial charge in [0.05, 0.1) is 17.5 Å². The summed E-state index contributed by atoms with van der Waals surface area (Å²) in [6.07, 6.45) is 0. The van der Waals surface area contributed by atoms with Crippen LogP contribution >= 0.6 is 23.2 Å². The molecule has 0 saturated heterocycles. The Hall–Kier alpha value is -1.69. The largest absolute Gasteiger partial charge is 0.457 e. The van der Waals surface area contributed by atoms with Gasteiger partial charge in [-0.15, -0.1) is 11.6 Å². The van der Waals surface area contributed by atoms with Gasteiger partial charge in [-0.25, -0.2) is 0 Å². The molecule has 2 nitrogen and oxygen atoms in total. The second-order valence-electron chi connectivity index (χ2n) is 3.59. The summed E-state index contributed by atoms with van der Waals surface area (Å²) in [5.74, 6) is 1.55. The Balaban J connectivity index is 2.28. The topological polar surface area (TPSA) is 33.0 Å². The van der Waals surface area contributed by atoms with E-state index in [-0.39, 0.29) is 5.88 Å². The molecule has 0 aliphatic heterocycles. The summed E-state index contributed by atoms with van der Waals surface area (Å²) >= 11 is 11.9. The average molecular weight is 278 g/mol. The lowest BCUT2D eigenvalue weighted by Crippen LogP contribution is -1.90. The molecule has 0 bridgehead atoms. The SMILES string of the molecule is N#Cc1ccc(Oc2cccc(Cl)c2CCl)cc1. The first kappa shape index (κ1) is 12.8. The molecule has 4 heteroatoms. The van der Waals surface area contributed by atoms with Crippen LogP contribution in [0.4, 0.5) is 0 Å². The van der Waals surface area contributed by atoms with Crippen LogP contribution in [0.15, 0.2) is 42.5 Å². The number of alkyl halides is 1. The van der Waals surface area contributed by atoms with E-state index >= 15 is 0 Å². The molecule has 2 aromatic rings. The summed E-state index contributed by atoms with van der Waals surface area (Å²) in [4.78, 5) is 0. The van der Waals surface area contributed by atoms with Crippen LogP contribution in [0.3, 0.4) is 0 Å². The first-order valence-electron chi connectivity index (χ1n) is 5.26. The van der Waals surface area contributed by atoms with Crippen LogP contribution in [0.25, 0.3) is 0 Å². The van der Waals surface area contributed by atoms with Gasteiger partial charge in [-0.05, 0) is 36.4 Å². The third kappa shape index (κ3) is 2.76. The number of hydrogen-bond acceptors (Lipinski definition) is 2. The fourth-order valence-electron chi connectivity index (χ4n) is 1.49. The van der Waals surface area contributed by atoms with Gasteiger partial charge in [-0.2, -0.15) is 5.26 Å². The van der Waals surface area contributed by atoms with E-state index in [0.717, 1.165) is 5.56 Å². The first-order chi connectivity index (χ1) is 8.74. The van der Waals surface area contributed by atoms with Gasteiger partial charge in [-0.3, -0.25) is 0 Å². The Morgan fingerprint density at radius 3 is 2.44 bits per heavy atom. The molecule has 0 N–H and O–H groups in total. The van der Waals surface area contributed by atoms with Crippen LogP contribution in [-0.2, 0) is 5.88 Å². The summed E-state index contributed by atoms with van der Waals surface area (Å²) in [6, 6.07) is 14.3. The highest BCUT2D eigenvalue weighted by Gasteiger charge is 2.08. The molecular weight excluding hydrogens is 269 g/mol. The molecular formula is C14H9Cl2NO. The third-order valence-corrected chi connectivity index (χ3v) is 3.04. The standard InChI is InChI=1S/C14H9Cl2NO/c15-8-12-13(16)2-1-3-14(12)18-11-6-4-10(9-17)5-7-11/h1-7H,8H2. The van der Waals surface area contributed by atoms with E-state index in [1.165, 1.54) is 0 Å². The van der Waals surface area contributed by atoms with Crippen molar-refractivity contribution in [2.75, 3.05) is 0 Å². The zero-order chi connectivity index (χ0) is 13.0. The molecule has 18 heavy (non-hydrogen) atoms. The lowest BCUT2D eigenvalue weighted by molar-refractivity contribution is 0.478. The minimum absolute atomic E-state index is 0.283. The Morgan fingerprint density at radius 2 is 1.83 bits per heavy atom. The molecule has 0 heterocycles. The molecule has 0 radical (unpaired) electrons. The van der Waals surface area contributed by atoms with Gasteiger partial charge in [0.1, 0.15) is 11.5 Å². The molecule has 0 spiro atoms. The molecule has 0 amide bonds. The van der Waals surface area contributed by atoms with E-state index < -0.39 is 0 Å². The van der Waals surface area contributed by atoms with Gasteiger partial charge in [-0.1, -0.05) is 17.7 Å². The van der Waals surface area contributed by atoms with Gasteiger partial charge >= 0.3 is 0 Å². The number of ether oxygens (including phenoxy) is 1. The highest BCUT2D eigenvalue weighted by atomic mass is 35.5. The highest BCUT2D eigenvalue weighted by Crippen LogP contribution is 2.31. The molecule has 0 atom stereocenters. The first-order valence-corrected chi connectivity index (χ1v) is 6.17. The molecule has 0 aliphatic rings. The van der Waals surface area contributed by atoms with Gasteiger partial charge < -0.3 is 4.74 Å². The Labute approximate surface area is 115 Å². The van der Waals surface area contributed by atoms with Crippen molar-refractivity contribution >= 4 is 23.2 Å². The van der Waals surface area contributed by atoms with E-state index in [9.17, 15) is 0 Å². The van der Waals surface area contributed by atoms with Crippen LogP contribution in [0.2, 0.25) is 5.02 Å². The molecule has 90 valence electrons. The summed E-state index contributed by atoms with van der Waals surface area (Å²) in [5.41, 5.74) is 1.34. The van der Waals surface area contributed by atoms with Crippen LogP contribution in [0.1, 0.15) is 11.1 Å². The summed E-state index contributed by atoms with van der Waals surface area (Å²) in [7, 11) is 0. The number of hydrogen-bond donors (Lipinski definition) is 0. The Kier molecular flexibility index (Phi) is 4.09. The molecule has 2 aromatic carbocycles. The minimum Gasteiger partial charge on any atom is -0.457 e. The van der Waals surface area contributed by atoms with Crippen LogP contribution < -0.4 is 4.74 Å². The zero-order valence-corrected chi connectivity index (χ0v) is 10.9. The maximum Gasteiger partial charge on any atom is 0.133 e. The van der Waals surface area contributed by atoms with E-state index in [1.54, 1.807) is 36.4 Å². The molecule has 0 aromatic heterocycles.